The molecule has 0 heterocycles. The van der Waals surface area contributed by atoms with E-state index in [-0.39, 0.29) is 16.8 Å². The maximum absolute atomic E-state index is 9.60. The van der Waals surface area contributed by atoms with Gasteiger partial charge in [-0.2, -0.15) is 0 Å². The minimum absolute atomic E-state index is 0.0156. The molecule has 1 N–H and O–H groups in total. The van der Waals surface area contributed by atoms with Crippen molar-refractivity contribution in [2.75, 3.05) is 0 Å². The molecule has 0 unspecified atom stereocenters. The van der Waals surface area contributed by atoms with E-state index in [1.165, 1.54) is 6.92 Å². The van der Waals surface area contributed by atoms with Crippen molar-refractivity contribution in [2.45, 2.75) is 59.7 Å². The van der Waals surface area contributed by atoms with Gasteiger partial charge in [0.15, 0.2) is 0 Å². The van der Waals surface area contributed by atoms with Crippen molar-refractivity contribution in [3.05, 3.63) is 12.2 Å². The lowest BCUT2D eigenvalue weighted by Crippen LogP contribution is -2.31. The van der Waals surface area contributed by atoms with Crippen LogP contribution in [0.2, 0.25) is 0 Å². The highest BCUT2D eigenvalue weighted by Gasteiger charge is 2.19. The highest BCUT2D eigenvalue weighted by molar-refractivity contribution is 5.84. The summed E-state index contributed by atoms with van der Waals surface area (Å²) in [5, 5.41) is 7.89. The second kappa shape index (κ2) is 5.91. The van der Waals surface area contributed by atoms with Crippen LogP contribution in [0.25, 0.3) is 0 Å². The Labute approximate surface area is 93.1 Å². The summed E-state index contributed by atoms with van der Waals surface area (Å²) < 4.78 is 5.62. The second-order valence-corrected chi connectivity index (χ2v) is 5.41. The van der Waals surface area contributed by atoms with Crippen LogP contribution in [0.1, 0.15) is 48.5 Å². The van der Waals surface area contributed by atoms with Gasteiger partial charge in [-0.25, -0.2) is 4.79 Å². The lowest BCUT2D eigenvalue weighted by Gasteiger charge is -2.30. The first-order valence-electron chi connectivity index (χ1n) is 4.94. The summed E-state index contributed by atoms with van der Waals surface area (Å²) in [7, 11) is 0. The maximum atomic E-state index is 9.60. The second-order valence-electron chi connectivity index (χ2n) is 5.41. The zero-order valence-corrected chi connectivity index (χ0v) is 11.0. The summed E-state index contributed by atoms with van der Waals surface area (Å²) in [6, 6.07) is 0. The quantitative estimate of drug-likeness (QED) is 0.684. The third-order valence-electron chi connectivity index (χ3n) is 0.977. The Morgan fingerprint density at radius 2 is 1.27 bits per heavy atom. The number of hydrogen-bond acceptors (Lipinski definition) is 2. The fourth-order valence-corrected chi connectivity index (χ4v) is 0.919. The molecular formula is C12H24O3. The summed E-state index contributed by atoms with van der Waals surface area (Å²) in [5.41, 5.74) is 0.145. The molecule has 0 aromatic rings. The van der Waals surface area contributed by atoms with Crippen LogP contribution in [-0.2, 0) is 9.53 Å². The molecule has 0 atom stereocenters. The third-order valence-corrected chi connectivity index (χ3v) is 0.977. The first kappa shape index (κ1) is 16.6. The van der Waals surface area contributed by atoms with E-state index >= 15 is 0 Å². The molecule has 0 fully saturated rings. The number of carboxylic acid groups (broad SMARTS) is 1. The molecule has 3 nitrogen and oxygen atoms in total. The van der Waals surface area contributed by atoms with Gasteiger partial charge in [-0.3, -0.25) is 0 Å². The van der Waals surface area contributed by atoms with Gasteiger partial charge in [0.25, 0.3) is 0 Å². The molecule has 0 aromatic heterocycles. The normalized spacial score (nSPS) is 11.4. The van der Waals surface area contributed by atoms with E-state index in [2.05, 4.69) is 48.1 Å². The summed E-state index contributed by atoms with van der Waals surface area (Å²) in [5.74, 6) is -0.935. The highest BCUT2D eigenvalue weighted by atomic mass is 16.5. The van der Waals surface area contributed by atoms with Crippen LogP contribution in [0.5, 0.6) is 0 Å². The molecule has 15 heavy (non-hydrogen) atoms. The van der Waals surface area contributed by atoms with Gasteiger partial charge in [-0.1, -0.05) is 6.58 Å². The van der Waals surface area contributed by atoms with Crippen molar-refractivity contribution in [2.24, 2.45) is 0 Å². The molecule has 0 aromatic carbocycles. The van der Waals surface area contributed by atoms with Crippen molar-refractivity contribution in [3.8, 4) is 0 Å². The molecule has 0 saturated carbocycles. The number of aliphatic carboxylic acids is 1. The molecule has 0 amide bonds. The lowest BCUT2D eigenvalue weighted by atomic mass is 10.1. The number of ether oxygens (including phenoxy) is 1. The molecule has 0 rings (SSSR count). The van der Waals surface area contributed by atoms with Crippen LogP contribution in [-0.4, -0.2) is 22.3 Å². The van der Waals surface area contributed by atoms with Gasteiger partial charge in [-0.15, -0.1) is 0 Å². The van der Waals surface area contributed by atoms with E-state index in [0.29, 0.717) is 0 Å². The highest BCUT2D eigenvalue weighted by Crippen LogP contribution is 2.17. The number of hydrogen-bond donors (Lipinski definition) is 1. The molecule has 90 valence electrons. The van der Waals surface area contributed by atoms with Crippen LogP contribution >= 0.6 is 0 Å². The van der Waals surface area contributed by atoms with Gasteiger partial charge in [0.2, 0.25) is 0 Å². The fraction of sp³-hybridized carbons (Fsp3) is 0.750. The standard InChI is InChI=1S/C8H18O.C4H6O2/c1-7(2,3)9-8(4,5)6;1-3(2)4(5)6/h1-6H3;1H2,2H3,(H,5,6). The molecule has 0 bridgehead atoms. The van der Waals surface area contributed by atoms with E-state index in [1.807, 2.05) is 0 Å². The van der Waals surface area contributed by atoms with Crippen molar-refractivity contribution < 1.29 is 14.6 Å². The summed E-state index contributed by atoms with van der Waals surface area (Å²) in [6.07, 6.45) is 0. The Morgan fingerprint density at radius 1 is 1.07 bits per heavy atom. The van der Waals surface area contributed by atoms with E-state index in [9.17, 15) is 4.79 Å². The first-order chi connectivity index (χ1) is 6.35. The SMILES string of the molecule is C=C(C)C(=O)O.CC(C)(C)OC(C)(C)C. The van der Waals surface area contributed by atoms with Gasteiger partial charge in [0, 0.05) is 5.57 Å². The van der Waals surface area contributed by atoms with Crippen LogP contribution in [0, 0.1) is 0 Å². The van der Waals surface area contributed by atoms with E-state index in [1.54, 1.807) is 0 Å². The summed E-state index contributed by atoms with van der Waals surface area (Å²) in [6.45, 7) is 17.0. The Hall–Kier alpha value is -0.830. The smallest absolute Gasteiger partial charge is 0.330 e. The maximum Gasteiger partial charge on any atom is 0.330 e. The van der Waals surface area contributed by atoms with Crippen LogP contribution in [0.3, 0.4) is 0 Å². The van der Waals surface area contributed by atoms with Gasteiger partial charge in [0.05, 0.1) is 11.2 Å². The van der Waals surface area contributed by atoms with Gasteiger partial charge < -0.3 is 9.84 Å². The molecular weight excluding hydrogens is 192 g/mol. The van der Waals surface area contributed by atoms with Crippen LogP contribution < -0.4 is 0 Å². The van der Waals surface area contributed by atoms with E-state index < -0.39 is 5.97 Å². The predicted octanol–water partition coefficient (Wildman–Crippen LogP) is 3.25. The zero-order chi connectivity index (χ0) is 12.9. The largest absolute Gasteiger partial charge is 0.478 e. The van der Waals surface area contributed by atoms with Crippen molar-refractivity contribution >= 4 is 5.97 Å². The van der Waals surface area contributed by atoms with Gasteiger partial charge in [-0.05, 0) is 48.5 Å². The average molecular weight is 216 g/mol. The fourth-order valence-electron chi connectivity index (χ4n) is 0.919. The number of rotatable bonds is 1. The zero-order valence-electron chi connectivity index (χ0n) is 11.0. The summed E-state index contributed by atoms with van der Waals surface area (Å²) >= 11 is 0. The lowest BCUT2D eigenvalue weighted by molar-refractivity contribution is -0.132. The average Bonchev–Trinajstić information content (AvgIpc) is 1.78. The van der Waals surface area contributed by atoms with Gasteiger partial charge in [0.1, 0.15) is 0 Å². The Morgan fingerprint density at radius 3 is 1.27 bits per heavy atom. The Bertz CT molecular complexity index is 192. The molecule has 0 aliphatic heterocycles. The van der Waals surface area contributed by atoms with Crippen molar-refractivity contribution in [3.63, 3.8) is 0 Å². The predicted molar refractivity (Wildman–Crippen MR) is 63.0 cm³/mol. The molecule has 0 spiro atoms. The topological polar surface area (TPSA) is 46.5 Å². The number of carboxylic acids is 1. The Balaban J connectivity index is 0. The van der Waals surface area contributed by atoms with Gasteiger partial charge >= 0.3 is 5.97 Å². The molecule has 0 radical (unpaired) electrons. The monoisotopic (exact) mass is 216 g/mol. The first-order valence-corrected chi connectivity index (χ1v) is 4.94. The third kappa shape index (κ3) is 19.5. The van der Waals surface area contributed by atoms with Crippen molar-refractivity contribution in [1.82, 2.24) is 0 Å². The summed E-state index contributed by atoms with van der Waals surface area (Å²) in [4.78, 5) is 9.60. The molecule has 3 heteroatoms. The molecule has 0 aliphatic carbocycles. The number of carbonyl (C=O) groups is 1. The van der Waals surface area contributed by atoms with Crippen LogP contribution in [0.4, 0.5) is 0 Å². The molecule has 0 aliphatic rings. The minimum Gasteiger partial charge on any atom is -0.478 e. The van der Waals surface area contributed by atoms with Crippen molar-refractivity contribution in [1.29, 1.82) is 0 Å². The molecule has 0 saturated heterocycles. The van der Waals surface area contributed by atoms with E-state index in [4.69, 9.17) is 9.84 Å². The van der Waals surface area contributed by atoms with E-state index in [0.717, 1.165) is 0 Å². The Kier molecular flexibility index (Phi) is 6.54. The van der Waals surface area contributed by atoms with Crippen LogP contribution in [0.15, 0.2) is 12.2 Å². The minimum atomic E-state index is -0.935.